The van der Waals surface area contributed by atoms with E-state index in [1.807, 2.05) is 6.07 Å². The zero-order chi connectivity index (χ0) is 13.4. The number of rotatable bonds is 1. The van der Waals surface area contributed by atoms with Crippen LogP contribution in [0.25, 0.3) is 0 Å². The Labute approximate surface area is 109 Å². The molecule has 94 valence electrons. The summed E-state index contributed by atoms with van der Waals surface area (Å²) in [7, 11) is 0. The van der Waals surface area contributed by atoms with Gasteiger partial charge in [0.2, 0.25) is 5.91 Å². The van der Waals surface area contributed by atoms with Gasteiger partial charge in [-0.2, -0.15) is 0 Å². The van der Waals surface area contributed by atoms with E-state index in [9.17, 15) is 14.0 Å². The van der Waals surface area contributed by atoms with Gasteiger partial charge in [-0.3, -0.25) is 9.59 Å². The Morgan fingerprint density at radius 2 is 1.68 bits per heavy atom. The molecule has 0 saturated carbocycles. The van der Waals surface area contributed by atoms with E-state index >= 15 is 0 Å². The molecule has 0 aliphatic carbocycles. The van der Waals surface area contributed by atoms with E-state index in [-0.39, 0.29) is 17.0 Å². The van der Waals surface area contributed by atoms with Crippen molar-refractivity contribution in [2.45, 2.75) is 5.92 Å². The van der Waals surface area contributed by atoms with Gasteiger partial charge in [0.15, 0.2) is 5.78 Å². The fraction of sp³-hybridized carbons (Fsp3) is 0.0667. The van der Waals surface area contributed by atoms with Crippen LogP contribution in [0.5, 0.6) is 0 Å². The Morgan fingerprint density at radius 1 is 0.947 bits per heavy atom. The highest BCUT2D eigenvalue weighted by atomic mass is 19.1. The topological polar surface area (TPSA) is 46.2 Å². The molecule has 1 unspecified atom stereocenters. The molecular formula is C15H10FNO2. The van der Waals surface area contributed by atoms with Crippen LogP contribution < -0.4 is 5.32 Å². The number of Topliss-reactive ketones (excluding diaryl/α,β-unsaturated/α-hetero) is 1. The molecule has 2 aromatic carbocycles. The van der Waals surface area contributed by atoms with Crippen LogP contribution in [0.3, 0.4) is 0 Å². The summed E-state index contributed by atoms with van der Waals surface area (Å²) in [5.74, 6) is -2.36. The number of ketones is 1. The van der Waals surface area contributed by atoms with Crippen LogP contribution in [0.1, 0.15) is 21.8 Å². The fourth-order valence-corrected chi connectivity index (χ4v) is 2.27. The highest BCUT2D eigenvalue weighted by molar-refractivity contribution is 6.24. The molecule has 0 spiro atoms. The number of nitrogens with one attached hydrogen (secondary N) is 1. The van der Waals surface area contributed by atoms with Gasteiger partial charge in [0.1, 0.15) is 11.7 Å². The van der Waals surface area contributed by atoms with Gasteiger partial charge in [-0.1, -0.05) is 36.4 Å². The van der Waals surface area contributed by atoms with Gasteiger partial charge >= 0.3 is 0 Å². The number of carbonyl (C=O) groups is 2. The molecule has 0 fully saturated rings. The van der Waals surface area contributed by atoms with E-state index in [4.69, 9.17) is 0 Å². The predicted octanol–water partition coefficient (Wildman–Crippen LogP) is 2.74. The zero-order valence-electron chi connectivity index (χ0n) is 9.89. The van der Waals surface area contributed by atoms with E-state index in [1.165, 1.54) is 18.2 Å². The Balaban J connectivity index is 2.12. The number of para-hydroxylation sites is 1. The van der Waals surface area contributed by atoms with Gasteiger partial charge in [-0.05, 0) is 17.7 Å². The molecule has 1 N–H and O–H groups in total. The molecule has 0 radical (unpaired) electrons. The predicted molar refractivity (Wildman–Crippen MR) is 68.5 cm³/mol. The second kappa shape index (κ2) is 4.31. The molecule has 1 aliphatic heterocycles. The molecular weight excluding hydrogens is 245 g/mol. The lowest BCUT2D eigenvalue weighted by atomic mass is 9.86. The van der Waals surface area contributed by atoms with Crippen LogP contribution in [0.4, 0.5) is 10.1 Å². The molecule has 2 aromatic rings. The number of halogens is 1. The largest absolute Gasteiger partial charge is 0.322 e. The molecule has 1 atom stereocenters. The average Bonchev–Trinajstić information content (AvgIpc) is 2.41. The molecule has 19 heavy (non-hydrogen) atoms. The summed E-state index contributed by atoms with van der Waals surface area (Å²) in [5.41, 5.74) is 0.804. The van der Waals surface area contributed by atoms with Crippen LogP contribution in [0.15, 0.2) is 48.5 Å². The second-order valence-electron chi connectivity index (χ2n) is 4.36. The number of amides is 1. The van der Waals surface area contributed by atoms with Crippen LogP contribution in [-0.4, -0.2) is 11.7 Å². The molecule has 1 amide bonds. The molecule has 4 heteroatoms. The minimum atomic E-state index is -0.907. The van der Waals surface area contributed by atoms with E-state index < -0.39 is 17.6 Å². The minimum absolute atomic E-state index is 0.0234. The van der Waals surface area contributed by atoms with Crippen molar-refractivity contribution < 1.29 is 14.0 Å². The van der Waals surface area contributed by atoms with Gasteiger partial charge in [-0.25, -0.2) is 4.39 Å². The van der Waals surface area contributed by atoms with E-state index in [1.54, 1.807) is 24.3 Å². The lowest BCUT2D eigenvalue weighted by molar-refractivity contribution is -0.116. The molecule has 3 nitrogen and oxygen atoms in total. The third-order valence-corrected chi connectivity index (χ3v) is 3.18. The van der Waals surface area contributed by atoms with Gasteiger partial charge in [0, 0.05) is 5.56 Å². The zero-order valence-corrected chi connectivity index (χ0v) is 9.89. The summed E-state index contributed by atoms with van der Waals surface area (Å²) in [5, 5.41) is 2.47. The van der Waals surface area contributed by atoms with Crippen LogP contribution in [0, 0.1) is 5.82 Å². The van der Waals surface area contributed by atoms with Gasteiger partial charge in [0.05, 0.1) is 5.69 Å². The first-order valence-corrected chi connectivity index (χ1v) is 5.87. The standard InChI is InChI=1S/C15H10FNO2/c16-11-8-4-7-10-13(11)17-15(19)12(14(10)18)9-5-2-1-3-6-9/h1-8,12H,(H,17,19). The van der Waals surface area contributed by atoms with E-state index in [0.717, 1.165) is 0 Å². The Kier molecular flexibility index (Phi) is 2.63. The monoisotopic (exact) mass is 255 g/mol. The van der Waals surface area contributed by atoms with Crippen molar-refractivity contribution in [3.8, 4) is 0 Å². The highest BCUT2D eigenvalue weighted by Crippen LogP contribution is 2.32. The maximum atomic E-state index is 13.6. The van der Waals surface area contributed by atoms with Crippen molar-refractivity contribution in [3.63, 3.8) is 0 Å². The first-order chi connectivity index (χ1) is 9.18. The second-order valence-corrected chi connectivity index (χ2v) is 4.36. The third kappa shape index (κ3) is 1.81. The highest BCUT2D eigenvalue weighted by Gasteiger charge is 2.36. The summed E-state index contributed by atoms with van der Waals surface area (Å²) < 4.78 is 13.6. The van der Waals surface area contributed by atoms with Crippen molar-refractivity contribution in [1.29, 1.82) is 0 Å². The molecule has 0 bridgehead atoms. The van der Waals surface area contributed by atoms with Gasteiger partial charge in [-0.15, -0.1) is 0 Å². The van der Waals surface area contributed by atoms with E-state index in [0.29, 0.717) is 5.56 Å². The molecule has 1 aliphatic rings. The normalized spacial score (nSPS) is 17.8. The van der Waals surface area contributed by atoms with Gasteiger partial charge < -0.3 is 5.32 Å². The number of anilines is 1. The number of hydrogen-bond donors (Lipinski definition) is 1. The quantitative estimate of drug-likeness (QED) is 0.796. The summed E-state index contributed by atoms with van der Waals surface area (Å²) in [6.45, 7) is 0. The maximum Gasteiger partial charge on any atom is 0.239 e. The molecule has 0 aromatic heterocycles. The number of benzene rings is 2. The Morgan fingerprint density at radius 3 is 2.42 bits per heavy atom. The summed E-state index contributed by atoms with van der Waals surface area (Å²) in [6.07, 6.45) is 0. The lowest BCUT2D eigenvalue weighted by Gasteiger charge is -2.23. The van der Waals surface area contributed by atoms with Crippen LogP contribution in [-0.2, 0) is 4.79 Å². The summed E-state index contributed by atoms with van der Waals surface area (Å²) in [4.78, 5) is 24.4. The van der Waals surface area contributed by atoms with Crippen molar-refractivity contribution in [2.75, 3.05) is 5.32 Å². The number of carbonyl (C=O) groups excluding carboxylic acids is 2. The number of hydrogen-bond acceptors (Lipinski definition) is 2. The number of fused-ring (bicyclic) bond motifs is 1. The van der Waals surface area contributed by atoms with Crippen molar-refractivity contribution in [2.24, 2.45) is 0 Å². The minimum Gasteiger partial charge on any atom is -0.322 e. The average molecular weight is 255 g/mol. The van der Waals surface area contributed by atoms with Gasteiger partial charge in [0.25, 0.3) is 0 Å². The van der Waals surface area contributed by atoms with Crippen molar-refractivity contribution >= 4 is 17.4 Å². The van der Waals surface area contributed by atoms with Crippen molar-refractivity contribution in [1.82, 2.24) is 0 Å². The third-order valence-electron chi connectivity index (χ3n) is 3.18. The van der Waals surface area contributed by atoms with E-state index in [2.05, 4.69) is 5.32 Å². The van der Waals surface area contributed by atoms with Crippen LogP contribution in [0.2, 0.25) is 0 Å². The Hall–Kier alpha value is -2.49. The molecule has 3 rings (SSSR count). The maximum absolute atomic E-state index is 13.6. The first kappa shape index (κ1) is 11.6. The first-order valence-electron chi connectivity index (χ1n) is 5.87. The van der Waals surface area contributed by atoms with Crippen molar-refractivity contribution in [3.05, 3.63) is 65.5 Å². The fourth-order valence-electron chi connectivity index (χ4n) is 2.27. The summed E-state index contributed by atoms with van der Waals surface area (Å²) >= 11 is 0. The molecule has 1 heterocycles. The van der Waals surface area contributed by atoms with Crippen LogP contribution >= 0.6 is 0 Å². The SMILES string of the molecule is O=C1Nc2c(F)cccc2C(=O)C1c1ccccc1. The summed E-state index contributed by atoms with van der Waals surface area (Å²) in [6, 6.07) is 13.0. The lowest BCUT2D eigenvalue weighted by Crippen LogP contribution is -2.34. The smallest absolute Gasteiger partial charge is 0.239 e. The molecule has 0 saturated heterocycles. The Bertz CT molecular complexity index is 667.